The number of hydrogen-bond donors (Lipinski definition) is 1. The molecular weight excluding hydrogens is 252 g/mol. The molecule has 5 heteroatoms. The number of rotatable bonds is 7. The van der Waals surface area contributed by atoms with E-state index in [0.29, 0.717) is 12.0 Å². The number of hydrogen-bond acceptors (Lipinski definition) is 4. The van der Waals surface area contributed by atoms with E-state index in [9.17, 15) is 4.21 Å². The van der Waals surface area contributed by atoms with Crippen molar-refractivity contribution in [1.29, 1.82) is 0 Å². The Labute approximate surface area is 111 Å². The minimum Gasteiger partial charge on any atom is -0.309 e. The van der Waals surface area contributed by atoms with E-state index in [1.54, 1.807) is 17.6 Å². The van der Waals surface area contributed by atoms with E-state index in [2.05, 4.69) is 36.5 Å². The predicted octanol–water partition coefficient (Wildman–Crippen LogP) is 2.51. The highest BCUT2D eigenvalue weighted by molar-refractivity contribution is 7.84. The van der Waals surface area contributed by atoms with Crippen molar-refractivity contribution < 1.29 is 4.21 Å². The SMILES string of the molecule is CC(CCS(C)=O)NCc1csc(C(C)C)n1. The number of thiazole rings is 1. The normalized spacial score (nSPS) is 15.1. The lowest BCUT2D eigenvalue weighted by atomic mass is 10.2. The Morgan fingerprint density at radius 2 is 2.18 bits per heavy atom. The van der Waals surface area contributed by atoms with E-state index in [1.807, 2.05) is 0 Å². The molecule has 1 aromatic heterocycles. The summed E-state index contributed by atoms with van der Waals surface area (Å²) in [6, 6.07) is 0.392. The monoisotopic (exact) mass is 274 g/mol. The molecule has 0 radical (unpaired) electrons. The quantitative estimate of drug-likeness (QED) is 0.830. The first kappa shape index (κ1) is 14.8. The molecule has 0 bridgehead atoms. The first-order chi connectivity index (χ1) is 7.99. The predicted molar refractivity (Wildman–Crippen MR) is 76.1 cm³/mol. The number of nitrogens with zero attached hydrogens (tertiary/aromatic N) is 1. The first-order valence-electron chi connectivity index (χ1n) is 5.96. The molecule has 0 amide bonds. The van der Waals surface area contributed by atoms with Gasteiger partial charge in [0.15, 0.2) is 0 Å². The summed E-state index contributed by atoms with van der Waals surface area (Å²) in [5.41, 5.74) is 1.11. The molecule has 98 valence electrons. The lowest BCUT2D eigenvalue weighted by Crippen LogP contribution is -2.27. The fourth-order valence-corrected chi connectivity index (χ4v) is 2.91. The maximum Gasteiger partial charge on any atom is 0.0954 e. The van der Waals surface area contributed by atoms with Crippen molar-refractivity contribution in [3.8, 4) is 0 Å². The molecule has 1 aromatic rings. The van der Waals surface area contributed by atoms with Crippen LogP contribution in [0.25, 0.3) is 0 Å². The molecule has 1 N–H and O–H groups in total. The van der Waals surface area contributed by atoms with Crippen LogP contribution >= 0.6 is 11.3 Å². The van der Waals surface area contributed by atoms with Crippen LogP contribution in [0.1, 0.15) is 43.8 Å². The highest BCUT2D eigenvalue weighted by Crippen LogP contribution is 2.18. The van der Waals surface area contributed by atoms with Gasteiger partial charge < -0.3 is 5.32 Å². The van der Waals surface area contributed by atoms with Crippen LogP contribution in [0.15, 0.2) is 5.38 Å². The summed E-state index contributed by atoms with van der Waals surface area (Å²) in [5, 5.41) is 6.73. The van der Waals surface area contributed by atoms with Gasteiger partial charge in [0.1, 0.15) is 0 Å². The third-order valence-corrected chi connectivity index (χ3v) is 4.54. The Hall–Kier alpha value is -0.260. The van der Waals surface area contributed by atoms with Crippen LogP contribution in [0.4, 0.5) is 0 Å². The van der Waals surface area contributed by atoms with E-state index in [4.69, 9.17) is 0 Å². The van der Waals surface area contributed by atoms with Gasteiger partial charge in [-0.15, -0.1) is 11.3 Å². The van der Waals surface area contributed by atoms with Gasteiger partial charge in [0.2, 0.25) is 0 Å². The largest absolute Gasteiger partial charge is 0.309 e. The molecule has 0 spiro atoms. The van der Waals surface area contributed by atoms with Gasteiger partial charge >= 0.3 is 0 Å². The third kappa shape index (κ3) is 5.75. The summed E-state index contributed by atoms with van der Waals surface area (Å²) in [5.74, 6) is 1.27. The van der Waals surface area contributed by atoms with Crippen LogP contribution in [-0.2, 0) is 17.3 Å². The second-order valence-electron chi connectivity index (χ2n) is 4.68. The molecule has 2 atom stereocenters. The van der Waals surface area contributed by atoms with Crippen LogP contribution in [0, 0.1) is 0 Å². The molecule has 3 nitrogen and oxygen atoms in total. The van der Waals surface area contributed by atoms with E-state index in [-0.39, 0.29) is 0 Å². The van der Waals surface area contributed by atoms with Crippen molar-refractivity contribution in [3.63, 3.8) is 0 Å². The Balaban J connectivity index is 2.31. The lowest BCUT2D eigenvalue weighted by Gasteiger charge is -2.11. The molecule has 0 saturated carbocycles. The topological polar surface area (TPSA) is 42.0 Å². The lowest BCUT2D eigenvalue weighted by molar-refractivity contribution is 0.530. The summed E-state index contributed by atoms with van der Waals surface area (Å²) in [7, 11) is -0.690. The fourth-order valence-electron chi connectivity index (χ4n) is 1.39. The van der Waals surface area contributed by atoms with Gasteiger partial charge in [0.25, 0.3) is 0 Å². The average Bonchev–Trinajstić information content (AvgIpc) is 2.72. The summed E-state index contributed by atoms with van der Waals surface area (Å²) in [6.07, 6.45) is 2.70. The molecule has 0 aliphatic rings. The summed E-state index contributed by atoms with van der Waals surface area (Å²) < 4.78 is 11.0. The standard InChI is InChI=1S/C12H22N2OS2/c1-9(2)12-14-11(8-16-12)7-13-10(3)5-6-17(4)15/h8-10,13H,5-7H2,1-4H3. The van der Waals surface area contributed by atoms with Crippen molar-refractivity contribution in [2.45, 2.75) is 45.7 Å². The van der Waals surface area contributed by atoms with Gasteiger partial charge in [-0.25, -0.2) is 4.98 Å². The van der Waals surface area contributed by atoms with Crippen LogP contribution in [0.3, 0.4) is 0 Å². The highest BCUT2D eigenvalue weighted by atomic mass is 32.2. The van der Waals surface area contributed by atoms with E-state index in [0.717, 1.165) is 24.4 Å². The molecule has 2 unspecified atom stereocenters. The Morgan fingerprint density at radius 1 is 1.47 bits per heavy atom. The summed E-state index contributed by atoms with van der Waals surface area (Å²) in [4.78, 5) is 4.57. The first-order valence-corrected chi connectivity index (χ1v) is 8.57. The molecule has 0 aliphatic carbocycles. The minimum atomic E-state index is -0.690. The molecule has 1 heterocycles. The Morgan fingerprint density at radius 3 is 2.71 bits per heavy atom. The smallest absolute Gasteiger partial charge is 0.0954 e. The van der Waals surface area contributed by atoms with Gasteiger partial charge in [0, 0.05) is 46.7 Å². The number of nitrogens with one attached hydrogen (secondary N) is 1. The van der Waals surface area contributed by atoms with E-state index < -0.39 is 10.8 Å². The molecular formula is C12H22N2OS2. The average molecular weight is 274 g/mol. The summed E-state index contributed by atoms with van der Waals surface area (Å²) >= 11 is 1.73. The molecule has 0 saturated heterocycles. The molecule has 0 aliphatic heterocycles. The summed E-state index contributed by atoms with van der Waals surface area (Å²) in [6.45, 7) is 7.26. The van der Waals surface area contributed by atoms with Crippen LogP contribution < -0.4 is 5.32 Å². The van der Waals surface area contributed by atoms with Gasteiger partial charge in [0.05, 0.1) is 10.7 Å². The molecule has 0 fully saturated rings. The van der Waals surface area contributed by atoms with Crippen molar-refractivity contribution in [2.24, 2.45) is 0 Å². The Kier molecular flexibility index (Phi) is 6.30. The van der Waals surface area contributed by atoms with Crippen molar-refractivity contribution in [1.82, 2.24) is 10.3 Å². The fraction of sp³-hybridized carbons (Fsp3) is 0.750. The van der Waals surface area contributed by atoms with Crippen molar-refractivity contribution >= 4 is 22.1 Å². The minimum absolute atomic E-state index is 0.392. The van der Waals surface area contributed by atoms with Crippen molar-refractivity contribution in [2.75, 3.05) is 12.0 Å². The second-order valence-corrected chi connectivity index (χ2v) is 7.12. The van der Waals surface area contributed by atoms with Gasteiger partial charge in [-0.1, -0.05) is 13.8 Å². The second kappa shape index (κ2) is 7.24. The maximum atomic E-state index is 11.0. The molecule has 0 aromatic carbocycles. The van der Waals surface area contributed by atoms with Crippen LogP contribution in [0.5, 0.6) is 0 Å². The van der Waals surface area contributed by atoms with Gasteiger partial charge in [-0.2, -0.15) is 0 Å². The molecule has 1 rings (SSSR count). The van der Waals surface area contributed by atoms with Crippen LogP contribution in [0.2, 0.25) is 0 Å². The Bertz CT molecular complexity index is 363. The zero-order valence-corrected chi connectivity index (χ0v) is 12.7. The zero-order valence-electron chi connectivity index (χ0n) is 11.0. The highest BCUT2D eigenvalue weighted by Gasteiger charge is 2.07. The van der Waals surface area contributed by atoms with Gasteiger partial charge in [-0.3, -0.25) is 4.21 Å². The van der Waals surface area contributed by atoms with Gasteiger partial charge in [-0.05, 0) is 13.3 Å². The van der Waals surface area contributed by atoms with E-state index in [1.165, 1.54) is 5.01 Å². The van der Waals surface area contributed by atoms with Crippen LogP contribution in [-0.4, -0.2) is 27.2 Å². The van der Waals surface area contributed by atoms with E-state index >= 15 is 0 Å². The third-order valence-electron chi connectivity index (χ3n) is 2.53. The van der Waals surface area contributed by atoms with Crippen molar-refractivity contribution in [3.05, 3.63) is 16.1 Å². The number of aromatic nitrogens is 1. The zero-order chi connectivity index (χ0) is 12.8. The maximum absolute atomic E-state index is 11.0. The molecule has 17 heavy (non-hydrogen) atoms.